The van der Waals surface area contributed by atoms with Crippen molar-refractivity contribution in [2.75, 3.05) is 38.7 Å². The number of piperidine rings is 1. The number of amides is 2. The van der Waals surface area contributed by atoms with Crippen molar-refractivity contribution in [1.29, 1.82) is 0 Å². The number of carbonyl (C=O) groups is 3. The molecule has 1 aromatic carbocycles. The van der Waals surface area contributed by atoms with Crippen molar-refractivity contribution in [3.63, 3.8) is 0 Å². The van der Waals surface area contributed by atoms with Crippen LogP contribution in [0.2, 0.25) is 0 Å². The summed E-state index contributed by atoms with van der Waals surface area (Å²) in [4.78, 5) is 38.8. The summed E-state index contributed by atoms with van der Waals surface area (Å²) in [5, 5.41) is 5.90. The van der Waals surface area contributed by atoms with Gasteiger partial charge in [0.15, 0.2) is 0 Å². The first kappa shape index (κ1) is 22.1. The van der Waals surface area contributed by atoms with Gasteiger partial charge in [0, 0.05) is 24.3 Å². The zero-order valence-electron chi connectivity index (χ0n) is 15.8. The average Bonchev–Trinajstić information content (AvgIpc) is 2.73. The Hall–Kier alpha value is -2.16. The monoisotopic (exact) mass is 411 g/mol. The van der Waals surface area contributed by atoms with Gasteiger partial charge in [-0.1, -0.05) is 6.07 Å². The van der Waals surface area contributed by atoms with Crippen molar-refractivity contribution < 1.29 is 23.9 Å². The van der Waals surface area contributed by atoms with Crippen molar-refractivity contribution in [2.45, 2.75) is 31.3 Å². The van der Waals surface area contributed by atoms with E-state index in [1.54, 1.807) is 29.2 Å². The second-order valence-electron chi connectivity index (χ2n) is 6.68. The maximum atomic E-state index is 12.9. The van der Waals surface area contributed by atoms with E-state index < -0.39 is 18.1 Å². The number of hydrogen-bond donors (Lipinski definition) is 2. The molecule has 2 aliphatic heterocycles. The van der Waals surface area contributed by atoms with Crippen LogP contribution in [0, 0.1) is 0 Å². The maximum Gasteiger partial charge on any atom is 0.328 e. The molecule has 2 amide bonds. The smallest absolute Gasteiger partial charge is 0.328 e. The first-order valence-electron chi connectivity index (χ1n) is 9.21. The summed E-state index contributed by atoms with van der Waals surface area (Å²) in [6, 6.07) is 5.79. The first-order valence-corrected chi connectivity index (χ1v) is 9.21. The van der Waals surface area contributed by atoms with Crippen LogP contribution in [0.15, 0.2) is 24.3 Å². The molecule has 0 spiro atoms. The average molecular weight is 412 g/mol. The fourth-order valence-corrected chi connectivity index (χ4v) is 3.41. The van der Waals surface area contributed by atoms with Gasteiger partial charge in [0.25, 0.3) is 5.91 Å². The van der Waals surface area contributed by atoms with Crippen LogP contribution in [0.25, 0.3) is 0 Å². The second-order valence-corrected chi connectivity index (χ2v) is 6.68. The van der Waals surface area contributed by atoms with Crippen LogP contribution in [-0.2, 0) is 19.1 Å². The van der Waals surface area contributed by atoms with Gasteiger partial charge < -0.3 is 25.0 Å². The molecule has 2 fully saturated rings. The Balaban J connectivity index is 0.00000280. The van der Waals surface area contributed by atoms with Crippen LogP contribution in [0.1, 0.15) is 29.6 Å². The standard InChI is InChI=1S/C19H25N3O5.ClH/c1-26-19(25)16-7-2-3-9-22(16)18(24)13-5-4-6-14(11-13)21-17(23)15-12-27-10-8-20-15;/h4-6,11,15-16,20H,2-3,7-10,12H2,1H3,(H,21,23);1H. The zero-order valence-corrected chi connectivity index (χ0v) is 16.6. The lowest BCUT2D eigenvalue weighted by atomic mass is 10.0. The van der Waals surface area contributed by atoms with Gasteiger partial charge in [-0.15, -0.1) is 12.4 Å². The van der Waals surface area contributed by atoms with E-state index in [-0.39, 0.29) is 24.2 Å². The minimum Gasteiger partial charge on any atom is -0.467 e. The molecular weight excluding hydrogens is 386 g/mol. The van der Waals surface area contributed by atoms with Crippen molar-refractivity contribution in [3.8, 4) is 0 Å². The molecule has 28 heavy (non-hydrogen) atoms. The normalized spacial score (nSPS) is 22.0. The number of nitrogens with one attached hydrogen (secondary N) is 2. The highest BCUT2D eigenvalue weighted by Crippen LogP contribution is 2.22. The summed E-state index contributed by atoms with van der Waals surface area (Å²) >= 11 is 0. The third-order valence-corrected chi connectivity index (χ3v) is 4.85. The van der Waals surface area contributed by atoms with E-state index >= 15 is 0 Å². The van der Waals surface area contributed by atoms with E-state index in [0.29, 0.717) is 44.0 Å². The third-order valence-electron chi connectivity index (χ3n) is 4.85. The molecule has 2 aliphatic rings. The largest absolute Gasteiger partial charge is 0.467 e. The number of carbonyl (C=O) groups excluding carboxylic acids is 3. The summed E-state index contributed by atoms with van der Waals surface area (Å²) in [6.45, 7) is 2.04. The van der Waals surface area contributed by atoms with E-state index in [0.717, 1.165) is 12.8 Å². The molecule has 2 unspecified atom stereocenters. The number of morpholine rings is 1. The van der Waals surface area contributed by atoms with E-state index in [2.05, 4.69) is 10.6 Å². The van der Waals surface area contributed by atoms with Gasteiger partial charge in [0.1, 0.15) is 12.1 Å². The molecule has 2 N–H and O–H groups in total. The number of benzene rings is 1. The van der Waals surface area contributed by atoms with Crippen LogP contribution >= 0.6 is 12.4 Å². The molecule has 1 aromatic rings. The van der Waals surface area contributed by atoms with Crippen molar-refractivity contribution >= 4 is 35.9 Å². The van der Waals surface area contributed by atoms with Gasteiger partial charge in [0.05, 0.1) is 20.3 Å². The number of esters is 1. The van der Waals surface area contributed by atoms with E-state index in [1.165, 1.54) is 7.11 Å². The van der Waals surface area contributed by atoms with Gasteiger partial charge in [-0.3, -0.25) is 9.59 Å². The predicted molar refractivity (Wildman–Crippen MR) is 106 cm³/mol. The highest BCUT2D eigenvalue weighted by molar-refractivity contribution is 6.00. The maximum absolute atomic E-state index is 12.9. The first-order chi connectivity index (χ1) is 13.1. The quantitative estimate of drug-likeness (QED) is 0.723. The molecule has 8 nitrogen and oxygen atoms in total. The molecule has 0 aromatic heterocycles. The summed E-state index contributed by atoms with van der Waals surface area (Å²) in [7, 11) is 1.33. The molecule has 0 bridgehead atoms. The Morgan fingerprint density at radius 1 is 1.29 bits per heavy atom. The molecular formula is C19H26ClN3O5. The number of halogens is 1. The minimum absolute atomic E-state index is 0. The van der Waals surface area contributed by atoms with Crippen LogP contribution < -0.4 is 10.6 Å². The van der Waals surface area contributed by atoms with Gasteiger partial charge in [-0.25, -0.2) is 4.79 Å². The molecule has 2 heterocycles. The molecule has 2 atom stereocenters. The molecule has 0 radical (unpaired) electrons. The summed E-state index contributed by atoms with van der Waals surface area (Å²) in [5.41, 5.74) is 0.960. The SMILES string of the molecule is COC(=O)C1CCCCN1C(=O)c1cccc(NC(=O)C2COCCN2)c1.Cl. The number of hydrogen-bond acceptors (Lipinski definition) is 6. The van der Waals surface area contributed by atoms with Crippen LogP contribution in [-0.4, -0.2) is 68.2 Å². The molecule has 0 aliphatic carbocycles. The molecule has 2 saturated heterocycles. The fraction of sp³-hybridized carbons (Fsp3) is 0.526. The Morgan fingerprint density at radius 2 is 2.11 bits per heavy atom. The van der Waals surface area contributed by atoms with Crippen molar-refractivity contribution in [2.24, 2.45) is 0 Å². The lowest BCUT2D eigenvalue weighted by Gasteiger charge is -2.33. The number of methoxy groups -OCH3 is 1. The third kappa shape index (κ3) is 5.21. The molecule has 3 rings (SSSR count). The Bertz CT molecular complexity index is 709. The number of ether oxygens (including phenoxy) is 2. The van der Waals surface area contributed by atoms with Gasteiger partial charge in [-0.2, -0.15) is 0 Å². The molecule has 0 saturated carbocycles. The minimum atomic E-state index is -0.557. The summed E-state index contributed by atoms with van der Waals surface area (Å²) in [5.74, 6) is -0.832. The number of likely N-dealkylation sites (tertiary alicyclic amines) is 1. The molecule has 154 valence electrons. The Labute approximate surface area is 170 Å². The van der Waals surface area contributed by atoms with Crippen molar-refractivity contribution in [3.05, 3.63) is 29.8 Å². The van der Waals surface area contributed by atoms with Crippen LogP contribution in [0.3, 0.4) is 0 Å². The lowest BCUT2D eigenvalue weighted by Crippen LogP contribution is -2.49. The van der Waals surface area contributed by atoms with Crippen LogP contribution in [0.5, 0.6) is 0 Å². The number of anilines is 1. The topological polar surface area (TPSA) is 97.0 Å². The highest BCUT2D eigenvalue weighted by atomic mass is 35.5. The van der Waals surface area contributed by atoms with Gasteiger partial charge >= 0.3 is 5.97 Å². The van der Waals surface area contributed by atoms with E-state index in [1.807, 2.05) is 0 Å². The summed E-state index contributed by atoms with van der Waals surface area (Å²) < 4.78 is 10.1. The van der Waals surface area contributed by atoms with Crippen LogP contribution in [0.4, 0.5) is 5.69 Å². The van der Waals surface area contributed by atoms with Gasteiger partial charge in [0.2, 0.25) is 5.91 Å². The Morgan fingerprint density at radius 3 is 2.82 bits per heavy atom. The Kier molecular flexibility index (Phi) is 8.22. The number of nitrogens with zero attached hydrogens (tertiary/aromatic N) is 1. The molecule has 9 heteroatoms. The van der Waals surface area contributed by atoms with Crippen molar-refractivity contribution in [1.82, 2.24) is 10.2 Å². The van der Waals surface area contributed by atoms with Gasteiger partial charge in [-0.05, 0) is 37.5 Å². The van der Waals surface area contributed by atoms with E-state index in [9.17, 15) is 14.4 Å². The highest BCUT2D eigenvalue weighted by Gasteiger charge is 2.33. The lowest BCUT2D eigenvalue weighted by molar-refractivity contribution is -0.147. The predicted octanol–water partition coefficient (Wildman–Crippen LogP) is 1.20. The summed E-state index contributed by atoms with van der Waals surface area (Å²) in [6.07, 6.45) is 2.33. The fourth-order valence-electron chi connectivity index (χ4n) is 3.41. The second kappa shape index (κ2) is 10.4. The van der Waals surface area contributed by atoms with E-state index in [4.69, 9.17) is 9.47 Å². The number of rotatable bonds is 4. The zero-order chi connectivity index (χ0) is 19.2.